The largest absolute Gasteiger partial charge is 0.332 e. The molecule has 0 aromatic rings. The van der Waals surface area contributed by atoms with Gasteiger partial charge in [0.25, 0.3) is 0 Å². The third-order valence-electron chi connectivity index (χ3n) is 3.65. The first kappa shape index (κ1) is 13.5. The zero-order valence-corrected chi connectivity index (χ0v) is 11.9. The predicted molar refractivity (Wildman–Crippen MR) is 68.9 cm³/mol. The first-order valence-corrected chi connectivity index (χ1v) is 7.76. The van der Waals surface area contributed by atoms with E-state index in [2.05, 4.69) is 4.99 Å². The summed E-state index contributed by atoms with van der Waals surface area (Å²) in [7, 11) is -3.58. The number of sulfonamides is 1. The topological polar surface area (TPSA) is 73.2 Å². The van der Waals surface area contributed by atoms with E-state index in [0.29, 0.717) is 17.4 Å². The Balaban J connectivity index is 2.29. The molecular weight excluding hydrogens is 254 g/mol. The van der Waals surface area contributed by atoms with Gasteiger partial charge in [0.1, 0.15) is 5.84 Å². The molecule has 0 radical (unpaired) electrons. The highest BCUT2D eigenvalue weighted by Gasteiger charge is 2.38. The van der Waals surface area contributed by atoms with Crippen LogP contribution in [0.3, 0.4) is 0 Å². The van der Waals surface area contributed by atoms with Crippen molar-refractivity contribution in [1.29, 1.82) is 0 Å². The van der Waals surface area contributed by atoms with Crippen molar-refractivity contribution >= 4 is 15.9 Å². The molecule has 2 aliphatic heterocycles. The fraction of sp³-hybridized carbons (Fsp3) is 0.727. The van der Waals surface area contributed by atoms with E-state index in [1.54, 1.807) is 0 Å². The fourth-order valence-electron chi connectivity index (χ4n) is 2.53. The highest BCUT2D eigenvalue weighted by molar-refractivity contribution is 7.88. The van der Waals surface area contributed by atoms with Crippen LogP contribution in [0.1, 0.15) is 27.2 Å². The molecule has 0 bridgehead atoms. The van der Waals surface area contributed by atoms with E-state index in [1.165, 1.54) is 0 Å². The molecular formula is C11H19N3O3S. The quantitative estimate of drug-likeness (QED) is 0.756. The van der Waals surface area contributed by atoms with E-state index in [4.69, 9.17) is 0 Å². The minimum absolute atomic E-state index is 0.125. The first-order chi connectivity index (χ1) is 8.21. The molecule has 0 saturated carbocycles. The minimum atomic E-state index is -3.58. The molecule has 1 fully saturated rings. The van der Waals surface area contributed by atoms with Crippen LogP contribution in [0, 0.1) is 0 Å². The summed E-state index contributed by atoms with van der Waals surface area (Å²) in [5.74, 6) is 0.882. The van der Waals surface area contributed by atoms with Crippen molar-refractivity contribution in [3.05, 3.63) is 11.3 Å². The molecule has 2 atom stereocenters. The van der Waals surface area contributed by atoms with Gasteiger partial charge in [0.2, 0.25) is 10.0 Å². The lowest BCUT2D eigenvalue weighted by molar-refractivity contribution is -0.0298. The average molecular weight is 273 g/mol. The van der Waals surface area contributed by atoms with Gasteiger partial charge < -0.3 is 4.90 Å². The predicted octanol–water partition coefficient (Wildman–Crippen LogP) is 0.806. The van der Waals surface area contributed by atoms with Gasteiger partial charge in [-0.1, -0.05) is 4.47 Å². The van der Waals surface area contributed by atoms with Crippen LogP contribution in [0.5, 0.6) is 0 Å². The minimum Gasteiger partial charge on any atom is -0.332 e. The van der Waals surface area contributed by atoms with Gasteiger partial charge in [-0.25, -0.2) is 8.42 Å². The monoisotopic (exact) mass is 273 g/mol. The van der Waals surface area contributed by atoms with Crippen molar-refractivity contribution in [2.24, 2.45) is 4.99 Å². The van der Waals surface area contributed by atoms with Crippen LogP contribution >= 0.6 is 0 Å². The molecule has 0 aromatic carbocycles. The Hall–Kier alpha value is -0.920. The number of hydrogen-bond acceptors (Lipinski definition) is 5. The lowest BCUT2D eigenvalue weighted by atomic mass is 10.0. The molecule has 0 aromatic heterocycles. The van der Waals surface area contributed by atoms with E-state index in [9.17, 15) is 13.6 Å². The smallest absolute Gasteiger partial charge is 0.233 e. The maximum Gasteiger partial charge on any atom is 0.233 e. The van der Waals surface area contributed by atoms with E-state index in [1.807, 2.05) is 25.7 Å². The standard InChI is InChI=1S/C11H19N3O3S/c1-7-8(2)12-9(3)13-6-10(5-11(7)13)14(15)18(4,16)17/h8,10,15H,5-6H2,1-4H3. The molecule has 6 nitrogen and oxygen atoms in total. The van der Waals surface area contributed by atoms with Gasteiger partial charge >= 0.3 is 0 Å². The van der Waals surface area contributed by atoms with Gasteiger partial charge in [-0.05, 0) is 26.3 Å². The molecule has 1 N–H and O–H groups in total. The number of hydrogen-bond donors (Lipinski definition) is 1. The van der Waals surface area contributed by atoms with Crippen LogP contribution in [0.15, 0.2) is 16.3 Å². The van der Waals surface area contributed by atoms with Crippen LogP contribution in [0.25, 0.3) is 0 Å². The number of rotatable bonds is 2. The summed E-state index contributed by atoms with van der Waals surface area (Å²) in [6.45, 7) is 6.39. The normalized spacial score (nSPS) is 28.8. The molecule has 0 spiro atoms. The Bertz CT molecular complexity index is 524. The molecule has 102 valence electrons. The number of nitrogens with zero attached hydrogens (tertiary/aromatic N) is 3. The number of amidine groups is 1. The van der Waals surface area contributed by atoms with Gasteiger partial charge in [0.05, 0.1) is 18.3 Å². The van der Waals surface area contributed by atoms with Gasteiger partial charge in [-0.15, -0.1) is 0 Å². The van der Waals surface area contributed by atoms with Crippen molar-refractivity contribution in [3.63, 3.8) is 0 Å². The highest BCUT2D eigenvalue weighted by atomic mass is 32.2. The molecule has 2 aliphatic rings. The summed E-state index contributed by atoms with van der Waals surface area (Å²) in [4.78, 5) is 6.49. The lowest BCUT2D eigenvalue weighted by Gasteiger charge is -2.28. The zero-order valence-electron chi connectivity index (χ0n) is 11.1. The Morgan fingerprint density at radius 3 is 2.61 bits per heavy atom. The Morgan fingerprint density at radius 1 is 1.44 bits per heavy atom. The lowest BCUT2D eigenvalue weighted by Crippen LogP contribution is -2.40. The van der Waals surface area contributed by atoms with E-state index >= 15 is 0 Å². The molecule has 2 heterocycles. The fourth-order valence-corrected chi connectivity index (χ4v) is 3.21. The van der Waals surface area contributed by atoms with Gasteiger partial charge in [0, 0.05) is 18.7 Å². The summed E-state index contributed by atoms with van der Waals surface area (Å²) in [5.41, 5.74) is 2.23. The van der Waals surface area contributed by atoms with Crippen molar-refractivity contribution in [3.8, 4) is 0 Å². The highest BCUT2D eigenvalue weighted by Crippen LogP contribution is 2.33. The second kappa shape index (κ2) is 4.32. The van der Waals surface area contributed by atoms with Crippen LogP contribution in [0.4, 0.5) is 0 Å². The zero-order chi connectivity index (χ0) is 13.7. The van der Waals surface area contributed by atoms with Gasteiger partial charge in [-0.3, -0.25) is 10.2 Å². The molecule has 18 heavy (non-hydrogen) atoms. The van der Waals surface area contributed by atoms with Crippen molar-refractivity contribution in [1.82, 2.24) is 9.37 Å². The Morgan fingerprint density at radius 2 is 2.06 bits per heavy atom. The second-order valence-electron chi connectivity index (χ2n) is 4.99. The van der Waals surface area contributed by atoms with E-state index in [0.717, 1.165) is 23.4 Å². The van der Waals surface area contributed by atoms with Crippen molar-refractivity contribution in [2.75, 3.05) is 12.8 Å². The summed E-state index contributed by atoms with van der Waals surface area (Å²) in [5, 5.41) is 9.73. The summed E-state index contributed by atoms with van der Waals surface area (Å²) in [6.07, 6.45) is 1.54. The molecule has 0 amide bonds. The van der Waals surface area contributed by atoms with E-state index < -0.39 is 16.1 Å². The summed E-state index contributed by atoms with van der Waals surface area (Å²) < 4.78 is 23.2. The van der Waals surface area contributed by atoms with Gasteiger partial charge in [0.15, 0.2) is 0 Å². The second-order valence-corrected chi connectivity index (χ2v) is 6.83. The van der Waals surface area contributed by atoms with Crippen LogP contribution in [-0.2, 0) is 10.0 Å². The van der Waals surface area contributed by atoms with Crippen molar-refractivity contribution < 1.29 is 13.6 Å². The van der Waals surface area contributed by atoms with Crippen molar-refractivity contribution in [2.45, 2.75) is 39.3 Å². The third kappa shape index (κ3) is 2.17. The number of aliphatic imine (C=N–C) groups is 1. The maximum atomic E-state index is 11.4. The van der Waals surface area contributed by atoms with Crippen LogP contribution in [0.2, 0.25) is 0 Å². The average Bonchev–Trinajstić information content (AvgIpc) is 2.69. The Labute approximate surface area is 108 Å². The number of fused-ring (bicyclic) bond motifs is 1. The molecule has 2 unspecified atom stereocenters. The molecule has 1 saturated heterocycles. The maximum absolute atomic E-state index is 11.4. The Kier molecular flexibility index (Phi) is 3.25. The van der Waals surface area contributed by atoms with Crippen LogP contribution < -0.4 is 0 Å². The van der Waals surface area contributed by atoms with Crippen LogP contribution in [-0.4, -0.2) is 53.7 Å². The number of hydroxylamine groups is 1. The summed E-state index contributed by atoms with van der Waals surface area (Å²) in [6, 6.07) is -0.305. The van der Waals surface area contributed by atoms with Gasteiger partial charge in [-0.2, -0.15) is 0 Å². The van der Waals surface area contributed by atoms with E-state index in [-0.39, 0.29) is 6.04 Å². The SMILES string of the molecule is CC1=NC(C)C(C)=C2CC(N(O)S(C)(=O)=O)CN12. The summed E-state index contributed by atoms with van der Waals surface area (Å²) >= 11 is 0. The third-order valence-corrected chi connectivity index (χ3v) is 4.63. The molecule has 2 rings (SSSR count). The molecule has 0 aliphatic carbocycles. The molecule has 7 heteroatoms. The first-order valence-electron chi connectivity index (χ1n) is 5.91.